The van der Waals surface area contributed by atoms with E-state index in [4.69, 9.17) is 11.6 Å². The van der Waals surface area contributed by atoms with E-state index in [9.17, 15) is 4.79 Å². The summed E-state index contributed by atoms with van der Waals surface area (Å²) < 4.78 is 0. The summed E-state index contributed by atoms with van der Waals surface area (Å²) in [5.41, 5.74) is 1.00. The van der Waals surface area contributed by atoms with Gasteiger partial charge in [0.2, 0.25) is 0 Å². The number of carbonyl (C=O) groups excluding carboxylic acids is 1. The molecule has 0 atom stereocenters. The SMILES string of the molecule is CC(C)c1ncc(Cl)c(C(=O)NCc2ccn[nH]2)n1. The van der Waals surface area contributed by atoms with Gasteiger partial charge in [0.1, 0.15) is 11.5 Å². The third-order valence-electron chi connectivity index (χ3n) is 2.49. The molecule has 2 aromatic rings. The van der Waals surface area contributed by atoms with Crippen molar-refractivity contribution < 1.29 is 4.79 Å². The van der Waals surface area contributed by atoms with E-state index < -0.39 is 0 Å². The van der Waals surface area contributed by atoms with Crippen molar-refractivity contribution in [3.63, 3.8) is 0 Å². The second kappa shape index (κ2) is 5.79. The van der Waals surface area contributed by atoms with Crippen LogP contribution in [0.25, 0.3) is 0 Å². The van der Waals surface area contributed by atoms with Crippen molar-refractivity contribution >= 4 is 17.5 Å². The second-order valence-electron chi connectivity index (χ2n) is 4.34. The first-order valence-electron chi connectivity index (χ1n) is 5.87. The molecule has 0 unspecified atom stereocenters. The summed E-state index contributed by atoms with van der Waals surface area (Å²) in [4.78, 5) is 20.3. The molecule has 0 fully saturated rings. The number of aromatic nitrogens is 4. The maximum atomic E-state index is 12.0. The fourth-order valence-corrected chi connectivity index (χ4v) is 1.64. The van der Waals surface area contributed by atoms with Crippen LogP contribution in [0.2, 0.25) is 5.02 Å². The molecule has 2 aromatic heterocycles. The molecule has 100 valence electrons. The molecule has 0 aliphatic carbocycles. The largest absolute Gasteiger partial charge is 0.345 e. The first-order valence-corrected chi connectivity index (χ1v) is 6.24. The summed E-state index contributed by atoms with van der Waals surface area (Å²) in [5, 5.41) is 9.52. The van der Waals surface area contributed by atoms with Crippen LogP contribution in [0, 0.1) is 0 Å². The Labute approximate surface area is 115 Å². The van der Waals surface area contributed by atoms with Crippen LogP contribution in [0.15, 0.2) is 18.5 Å². The number of H-pyrrole nitrogens is 1. The number of carbonyl (C=O) groups is 1. The van der Waals surface area contributed by atoms with E-state index >= 15 is 0 Å². The van der Waals surface area contributed by atoms with E-state index in [-0.39, 0.29) is 22.5 Å². The lowest BCUT2D eigenvalue weighted by Gasteiger charge is -2.08. The minimum absolute atomic E-state index is 0.136. The van der Waals surface area contributed by atoms with Gasteiger partial charge in [-0.25, -0.2) is 9.97 Å². The van der Waals surface area contributed by atoms with Gasteiger partial charge in [0.05, 0.1) is 23.5 Å². The van der Waals surface area contributed by atoms with Gasteiger partial charge in [-0.3, -0.25) is 9.89 Å². The van der Waals surface area contributed by atoms with Crippen LogP contribution in [0.4, 0.5) is 0 Å². The van der Waals surface area contributed by atoms with Crippen molar-refractivity contribution in [2.75, 3.05) is 0 Å². The van der Waals surface area contributed by atoms with E-state index in [1.807, 2.05) is 13.8 Å². The predicted octanol–water partition coefficient (Wildman–Crippen LogP) is 1.91. The van der Waals surface area contributed by atoms with Gasteiger partial charge in [-0.2, -0.15) is 5.10 Å². The Morgan fingerprint density at radius 1 is 1.53 bits per heavy atom. The molecule has 0 aliphatic rings. The molecule has 0 saturated heterocycles. The molecular weight excluding hydrogens is 266 g/mol. The van der Waals surface area contributed by atoms with Crippen LogP contribution in [0.3, 0.4) is 0 Å². The van der Waals surface area contributed by atoms with Crippen molar-refractivity contribution in [3.8, 4) is 0 Å². The third kappa shape index (κ3) is 3.29. The molecule has 0 saturated carbocycles. The molecule has 0 aliphatic heterocycles. The Balaban J connectivity index is 2.11. The Morgan fingerprint density at radius 3 is 2.95 bits per heavy atom. The smallest absolute Gasteiger partial charge is 0.271 e. The molecular formula is C12H14ClN5O. The molecule has 1 amide bonds. The number of halogens is 1. The van der Waals surface area contributed by atoms with Gasteiger partial charge in [0.15, 0.2) is 0 Å². The zero-order valence-corrected chi connectivity index (χ0v) is 11.4. The molecule has 0 radical (unpaired) electrons. The summed E-state index contributed by atoms with van der Waals surface area (Å²) in [6.45, 7) is 4.25. The van der Waals surface area contributed by atoms with Gasteiger partial charge in [-0.05, 0) is 6.07 Å². The van der Waals surface area contributed by atoms with Crippen LogP contribution in [-0.4, -0.2) is 26.1 Å². The Morgan fingerprint density at radius 2 is 2.32 bits per heavy atom. The first-order chi connectivity index (χ1) is 9.08. The lowest BCUT2D eigenvalue weighted by Crippen LogP contribution is -2.25. The molecule has 2 rings (SSSR count). The molecule has 6 nitrogen and oxygen atoms in total. The molecule has 2 heterocycles. The highest BCUT2D eigenvalue weighted by Crippen LogP contribution is 2.16. The van der Waals surface area contributed by atoms with Crippen molar-refractivity contribution in [1.29, 1.82) is 0 Å². The summed E-state index contributed by atoms with van der Waals surface area (Å²) in [6.07, 6.45) is 3.07. The minimum atomic E-state index is -0.330. The number of hydrogen-bond acceptors (Lipinski definition) is 4. The number of aromatic amines is 1. The topological polar surface area (TPSA) is 83.6 Å². The zero-order valence-electron chi connectivity index (χ0n) is 10.6. The maximum Gasteiger partial charge on any atom is 0.271 e. The molecule has 2 N–H and O–H groups in total. The summed E-state index contributed by atoms with van der Waals surface area (Å²) in [7, 11) is 0. The van der Waals surface area contributed by atoms with Gasteiger partial charge >= 0.3 is 0 Å². The van der Waals surface area contributed by atoms with Crippen molar-refractivity contribution in [1.82, 2.24) is 25.5 Å². The monoisotopic (exact) mass is 279 g/mol. The molecule has 0 spiro atoms. The summed E-state index contributed by atoms with van der Waals surface area (Å²) in [5.74, 6) is 0.399. The fourth-order valence-electron chi connectivity index (χ4n) is 1.46. The highest BCUT2D eigenvalue weighted by atomic mass is 35.5. The number of nitrogens with zero attached hydrogens (tertiary/aromatic N) is 3. The van der Waals surface area contributed by atoms with E-state index in [0.717, 1.165) is 5.69 Å². The molecule has 7 heteroatoms. The van der Waals surface area contributed by atoms with E-state index in [1.54, 1.807) is 12.3 Å². The predicted molar refractivity (Wildman–Crippen MR) is 70.9 cm³/mol. The van der Waals surface area contributed by atoms with Crippen LogP contribution in [-0.2, 0) is 6.54 Å². The maximum absolute atomic E-state index is 12.0. The quantitative estimate of drug-likeness (QED) is 0.895. The molecule has 0 aromatic carbocycles. The van der Waals surface area contributed by atoms with E-state index in [2.05, 4.69) is 25.5 Å². The summed E-state index contributed by atoms with van der Waals surface area (Å²) >= 11 is 5.95. The van der Waals surface area contributed by atoms with Crippen LogP contribution in [0.1, 0.15) is 41.8 Å². The fraction of sp³-hybridized carbons (Fsp3) is 0.333. The average molecular weight is 280 g/mol. The minimum Gasteiger partial charge on any atom is -0.345 e. The van der Waals surface area contributed by atoms with E-state index in [0.29, 0.717) is 12.4 Å². The summed E-state index contributed by atoms with van der Waals surface area (Å²) in [6, 6.07) is 1.78. The Hall–Kier alpha value is -1.95. The lowest BCUT2D eigenvalue weighted by molar-refractivity contribution is 0.0945. The third-order valence-corrected chi connectivity index (χ3v) is 2.77. The number of hydrogen-bond donors (Lipinski definition) is 2. The van der Waals surface area contributed by atoms with Gasteiger partial charge in [-0.15, -0.1) is 0 Å². The van der Waals surface area contributed by atoms with Crippen LogP contribution < -0.4 is 5.32 Å². The second-order valence-corrected chi connectivity index (χ2v) is 4.75. The van der Waals surface area contributed by atoms with Crippen LogP contribution in [0.5, 0.6) is 0 Å². The van der Waals surface area contributed by atoms with Crippen molar-refractivity contribution in [2.45, 2.75) is 26.3 Å². The normalized spacial score (nSPS) is 10.7. The van der Waals surface area contributed by atoms with Gasteiger partial charge in [0, 0.05) is 12.1 Å². The van der Waals surface area contributed by atoms with Gasteiger partial charge < -0.3 is 5.32 Å². The molecule has 0 bridgehead atoms. The van der Waals surface area contributed by atoms with Crippen LogP contribution >= 0.6 is 11.6 Å². The van der Waals surface area contributed by atoms with Gasteiger partial charge in [-0.1, -0.05) is 25.4 Å². The average Bonchev–Trinajstić information content (AvgIpc) is 2.89. The van der Waals surface area contributed by atoms with E-state index in [1.165, 1.54) is 6.20 Å². The lowest BCUT2D eigenvalue weighted by atomic mass is 10.2. The highest BCUT2D eigenvalue weighted by molar-refractivity contribution is 6.33. The number of amides is 1. The zero-order chi connectivity index (χ0) is 13.8. The van der Waals surface area contributed by atoms with Crippen molar-refractivity contribution in [3.05, 3.63) is 40.7 Å². The Bertz CT molecular complexity index is 568. The highest BCUT2D eigenvalue weighted by Gasteiger charge is 2.15. The van der Waals surface area contributed by atoms with Gasteiger partial charge in [0.25, 0.3) is 5.91 Å². The molecule has 19 heavy (non-hydrogen) atoms. The number of rotatable bonds is 4. The Kier molecular flexibility index (Phi) is 4.11. The van der Waals surface area contributed by atoms with Crippen molar-refractivity contribution in [2.24, 2.45) is 0 Å². The first kappa shape index (κ1) is 13.5. The number of nitrogens with one attached hydrogen (secondary N) is 2. The standard InChI is InChI=1S/C12H14ClN5O/c1-7(2)11-14-6-9(13)10(17-11)12(19)15-5-8-3-4-16-18-8/h3-4,6-7H,5H2,1-2H3,(H,15,19)(H,16,18).